The van der Waals surface area contributed by atoms with Gasteiger partial charge >= 0.3 is 0 Å². The van der Waals surface area contributed by atoms with Crippen LogP contribution in [-0.2, 0) is 5.54 Å². The van der Waals surface area contributed by atoms with E-state index in [9.17, 15) is 0 Å². The zero-order valence-electron chi connectivity index (χ0n) is 9.70. The summed E-state index contributed by atoms with van der Waals surface area (Å²) in [4.78, 5) is 8.43. The molecular weight excluding hydrogens is 184 g/mol. The lowest BCUT2D eigenvalue weighted by molar-refractivity contribution is 0.561. The normalized spacial score (nSPS) is 10.6. The average molecular weight is 202 g/mol. The predicted molar refractivity (Wildman–Crippen MR) is 64.5 cm³/mol. The van der Waals surface area contributed by atoms with Crippen molar-refractivity contribution in [2.24, 2.45) is 9.98 Å². The zero-order chi connectivity index (χ0) is 11.1. The van der Waals surface area contributed by atoms with Crippen molar-refractivity contribution in [3.05, 3.63) is 35.9 Å². The first-order chi connectivity index (χ1) is 7.17. The summed E-state index contributed by atoms with van der Waals surface area (Å²) in [5.74, 6) is 0. The predicted octanol–water partition coefficient (Wildman–Crippen LogP) is 3.51. The van der Waals surface area contributed by atoms with Gasteiger partial charge in [0.1, 0.15) is 0 Å². The van der Waals surface area contributed by atoms with Crippen LogP contribution in [0, 0.1) is 0 Å². The molecule has 15 heavy (non-hydrogen) atoms. The highest BCUT2D eigenvalue weighted by atomic mass is 14.9. The maximum absolute atomic E-state index is 4.35. The van der Waals surface area contributed by atoms with Crippen LogP contribution in [0.3, 0.4) is 0 Å². The van der Waals surface area contributed by atoms with Crippen molar-refractivity contribution in [1.82, 2.24) is 0 Å². The maximum atomic E-state index is 4.35. The molecule has 0 atom stereocenters. The van der Waals surface area contributed by atoms with Crippen LogP contribution in [-0.4, -0.2) is 12.6 Å². The Morgan fingerprint density at radius 2 is 1.87 bits per heavy atom. The monoisotopic (exact) mass is 202 g/mol. The zero-order valence-corrected chi connectivity index (χ0v) is 9.70. The molecule has 1 aromatic rings. The van der Waals surface area contributed by atoms with E-state index in [1.54, 1.807) is 0 Å². The summed E-state index contributed by atoms with van der Waals surface area (Å²) < 4.78 is 0. The molecule has 0 aliphatic heterocycles. The van der Waals surface area contributed by atoms with Crippen molar-refractivity contribution in [3.63, 3.8) is 0 Å². The van der Waals surface area contributed by atoms with Crippen LogP contribution in [0.25, 0.3) is 0 Å². The SMILES string of the molecule is CCCN=C=NC(C)(C)c1ccccc1. The topological polar surface area (TPSA) is 24.7 Å². The minimum atomic E-state index is -0.238. The van der Waals surface area contributed by atoms with Gasteiger partial charge in [0.05, 0.1) is 11.5 Å². The Hall–Kier alpha value is -1.40. The fraction of sp³-hybridized carbons (Fsp3) is 0.462. The second kappa shape index (κ2) is 5.47. The highest BCUT2D eigenvalue weighted by Gasteiger charge is 2.17. The van der Waals surface area contributed by atoms with Crippen LogP contribution in [0.2, 0.25) is 0 Å². The molecule has 0 fully saturated rings. The van der Waals surface area contributed by atoms with Gasteiger partial charge in [-0.25, -0.2) is 9.98 Å². The molecule has 1 aromatic carbocycles. The van der Waals surface area contributed by atoms with E-state index in [1.807, 2.05) is 18.2 Å². The smallest absolute Gasteiger partial charge is 0.0910 e. The minimum absolute atomic E-state index is 0.238. The Kier molecular flexibility index (Phi) is 4.26. The lowest BCUT2D eigenvalue weighted by Gasteiger charge is -2.17. The molecule has 0 amide bonds. The molecule has 0 heterocycles. The van der Waals surface area contributed by atoms with Gasteiger partial charge in [-0.1, -0.05) is 37.3 Å². The van der Waals surface area contributed by atoms with E-state index in [2.05, 4.69) is 48.9 Å². The van der Waals surface area contributed by atoms with E-state index < -0.39 is 0 Å². The Balaban J connectivity index is 2.80. The van der Waals surface area contributed by atoms with Crippen molar-refractivity contribution < 1.29 is 0 Å². The van der Waals surface area contributed by atoms with Gasteiger partial charge in [-0.2, -0.15) is 0 Å². The molecule has 0 saturated carbocycles. The van der Waals surface area contributed by atoms with Crippen molar-refractivity contribution >= 4 is 6.01 Å². The van der Waals surface area contributed by atoms with Crippen LogP contribution in [0.15, 0.2) is 40.3 Å². The molecule has 1 rings (SSSR count). The molecule has 80 valence electrons. The molecule has 0 bridgehead atoms. The van der Waals surface area contributed by atoms with Crippen LogP contribution in [0.5, 0.6) is 0 Å². The van der Waals surface area contributed by atoms with Crippen molar-refractivity contribution in [3.8, 4) is 0 Å². The van der Waals surface area contributed by atoms with Crippen molar-refractivity contribution in [2.45, 2.75) is 32.7 Å². The summed E-state index contributed by atoms with van der Waals surface area (Å²) in [6.07, 6.45) is 1.04. The summed E-state index contributed by atoms with van der Waals surface area (Å²) in [5.41, 5.74) is 0.947. The lowest BCUT2D eigenvalue weighted by atomic mass is 9.95. The summed E-state index contributed by atoms with van der Waals surface area (Å²) in [7, 11) is 0. The van der Waals surface area contributed by atoms with E-state index in [0.29, 0.717) is 0 Å². The molecule has 0 spiro atoms. The van der Waals surface area contributed by atoms with Crippen LogP contribution in [0.1, 0.15) is 32.8 Å². The number of hydrogen-bond acceptors (Lipinski definition) is 2. The molecule has 0 aliphatic rings. The third-order valence-electron chi connectivity index (χ3n) is 2.22. The van der Waals surface area contributed by atoms with Gasteiger partial charge < -0.3 is 0 Å². The van der Waals surface area contributed by atoms with E-state index in [-0.39, 0.29) is 5.54 Å². The van der Waals surface area contributed by atoms with E-state index in [4.69, 9.17) is 0 Å². The van der Waals surface area contributed by atoms with Gasteiger partial charge in [-0.15, -0.1) is 0 Å². The van der Waals surface area contributed by atoms with Gasteiger partial charge in [0.25, 0.3) is 0 Å². The standard InChI is InChI=1S/C13H18N2/c1-4-10-14-11-15-13(2,3)12-8-6-5-7-9-12/h5-9H,4,10H2,1-3H3. The third kappa shape index (κ3) is 3.69. The second-order valence-electron chi connectivity index (χ2n) is 4.02. The first-order valence-electron chi connectivity index (χ1n) is 5.35. The van der Waals surface area contributed by atoms with Crippen LogP contribution < -0.4 is 0 Å². The Bertz CT molecular complexity index is 346. The third-order valence-corrected chi connectivity index (χ3v) is 2.22. The number of nitrogens with zero attached hydrogens (tertiary/aromatic N) is 2. The van der Waals surface area contributed by atoms with E-state index >= 15 is 0 Å². The molecule has 0 N–H and O–H groups in total. The summed E-state index contributed by atoms with van der Waals surface area (Å²) in [6.45, 7) is 7.02. The number of aliphatic imine (C=N–C) groups is 2. The Morgan fingerprint density at radius 3 is 2.47 bits per heavy atom. The molecule has 0 aromatic heterocycles. The number of rotatable bonds is 4. The molecular formula is C13H18N2. The summed E-state index contributed by atoms with van der Waals surface area (Å²) in [5, 5.41) is 0. The first kappa shape index (κ1) is 11.7. The van der Waals surface area contributed by atoms with Gasteiger partial charge in [-0.05, 0) is 25.8 Å². The fourth-order valence-electron chi connectivity index (χ4n) is 1.23. The molecule has 0 aliphatic carbocycles. The van der Waals surface area contributed by atoms with Crippen LogP contribution >= 0.6 is 0 Å². The fourth-order valence-corrected chi connectivity index (χ4v) is 1.23. The highest BCUT2D eigenvalue weighted by Crippen LogP contribution is 2.23. The molecule has 0 saturated heterocycles. The van der Waals surface area contributed by atoms with Gasteiger partial charge in [0.2, 0.25) is 0 Å². The lowest BCUT2D eigenvalue weighted by Crippen LogP contribution is -2.12. The Morgan fingerprint density at radius 1 is 1.20 bits per heavy atom. The summed E-state index contributed by atoms with van der Waals surface area (Å²) >= 11 is 0. The van der Waals surface area contributed by atoms with Gasteiger partial charge in [0.15, 0.2) is 0 Å². The molecule has 2 heteroatoms. The average Bonchev–Trinajstić information content (AvgIpc) is 2.26. The van der Waals surface area contributed by atoms with E-state index in [1.165, 1.54) is 5.56 Å². The summed E-state index contributed by atoms with van der Waals surface area (Å²) in [6, 6.07) is 13.0. The van der Waals surface area contributed by atoms with Gasteiger partial charge in [0, 0.05) is 6.54 Å². The maximum Gasteiger partial charge on any atom is 0.0910 e. The highest BCUT2D eigenvalue weighted by molar-refractivity contribution is 5.43. The molecule has 2 nitrogen and oxygen atoms in total. The first-order valence-corrected chi connectivity index (χ1v) is 5.35. The molecule has 0 unspecified atom stereocenters. The quantitative estimate of drug-likeness (QED) is 0.667. The Labute approximate surface area is 91.8 Å². The van der Waals surface area contributed by atoms with Gasteiger partial charge in [-0.3, -0.25) is 0 Å². The second-order valence-corrected chi connectivity index (χ2v) is 4.02. The number of hydrogen-bond donors (Lipinski definition) is 0. The number of benzene rings is 1. The van der Waals surface area contributed by atoms with E-state index in [0.717, 1.165) is 13.0 Å². The molecule has 0 radical (unpaired) electrons. The largest absolute Gasteiger partial charge is 0.226 e. The minimum Gasteiger partial charge on any atom is -0.226 e. The van der Waals surface area contributed by atoms with Crippen LogP contribution in [0.4, 0.5) is 0 Å². The van der Waals surface area contributed by atoms with Crippen molar-refractivity contribution in [1.29, 1.82) is 0 Å². The van der Waals surface area contributed by atoms with Crippen molar-refractivity contribution in [2.75, 3.05) is 6.54 Å².